The van der Waals surface area contributed by atoms with Crippen molar-refractivity contribution in [2.45, 2.75) is 25.9 Å². The van der Waals surface area contributed by atoms with Crippen molar-refractivity contribution in [3.63, 3.8) is 0 Å². The van der Waals surface area contributed by atoms with Gasteiger partial charge in [-0.3, -0.25) is 4.98 Å². The molecule has 1 aromatic rings. The van der Waals surface area contributed by atoms with Gasteiger partial charge in [-0.2, -0.15) is 0 Å². The molecule has 82 valence electrons. The van der Waals surface area contributed by atoms with Gasteiger partial charge in [0, 0.05) is 17.8 Å². The zero-order chi connectivity index (χ0) is 10.7. The summed E-state index contributed by atoms with van der Waals surface area (Å²) in [5.74, 6) is 0. The van der Waals surface area contributed by atoms with E-state index in [1.54, 1.807) is 6.20 Å². The minimum absolute atomic E-state index is 0.0465. The molecule has 0 radical (unpaired) electrons. The van der Waals surface area contributed by atoms with Crippen LogP contribution < -0.4 is 0 Å². The summed E-state index contributed by atoms with van der Waals surface area (Å²) in [5.41, 5.74) is 2.10. The molecule has 0 spiro atoms. The highest BCUT2D eigenvalue weighted by Crippen LogP contribution is 2.35. The van der Waals surface area contributed by atoms with E-state index in [2.05, 4.69) is 4.98 Å². The molecule has 4 heteroatoms. The van der Waals surface area contributed by atoms with E-state index in [0.717, 1.165) is 29.1 Å². The van der Waals surface area contributed by atoms with Crippen LogP contribution in [0.1, 0.15) is 30.7 Å². The van der Waals surface area contributed by atoms with Crippen molar-refractivity contribution in [1.29, 1.82) is 0 Å². The molecule has 1 atom stereocenters. The second kappa shape index (κ2) is 4.92. The van der Waals surface area contributed by atoms with Gasteiger partial charge in [0.2, 0.25) is 0 Å². The van der Waals surface area contributed by atoms with E-state index in [9.17, 15) is 0 Å². The number of rotatable bonds is 4. The SMILES string of the molecule is CCOCOC1CCc2c(Cl)ccnc21. The number of ether oxygens (including phenoxy) is 2. The van der Waals surface area contributed by atoms with Crippen molar-refractivity contribution in [2.24, 2.45) is 0 Å². The molecule has 1 aromatic heterocycles. The van der Waals surface area contributed by atoms with Gasteiger partial charge in [-0.1, -0.05) is 11.6 Å². The number of hydrogen-bond acceptors (Lipinski definition) is 3. The lowest BCUT2D eigenvalue weighted by Gasteiger charge is -2.11. The Morgan fingerprint density at radius 3 is 3.27 bits per heavy atom. The molecule has 15 heavy (non-hydrogen) atoms. The van der Waals surface area contributed by atoms with Crippen LogP contribution in [0, 0.1) is 0 Å². The van der Waals surface area contributed by atoms with Gasteiger partial charge in [-0.25, -0.2) is 0 Å². The average molecular weight is 228 g/mol. The zero-order valence-electron chi connectivity index (χ0n) is 8.70. The van der Waals surface area contributed by atoms with Gasteiger partial charge in [-0.05, 0) is 31.4 Å². The van der Waals surface area contributed by atoms with Gasteiger partial charge >= 0.3 is 0 Å². The number of nitrogens with zero attached hydrogens (tertiary/aromatic N) is 1. The second-order valence-electron chi connectivity index (χ2n) is 3.46. The summed E-state index contributed by atoms with van der Waals surface area (Å²) in [6.45, 7) is 2.94. The Kier molecular flexibility index (Phi) is 3.57. The van der Waals surface area contributed by atoms with Crippen LogP contribution in [0.5, 0.6) is 0 Å². The quantitative estimate of drug-likeness (QED) is 0.586. The highest BCUT2D eigenvalue weighted by atomic mass is 35.5. The summed E-state index contributed by atoms with van der Waals surface area (Å²) < 4.78 is 10.7. The number of fused-ring (bicyclic) bond motifs is 1. The van der Waals surface area contributed by atoms with Crippen LogP contribution >= 0.6 is 11.6 Å². The fourth-order valence-electron chi connectivity index (χ4n) is 1.80. The molecule has 0 fully saturated rings. The molecule has 0 aliphatic heterocycles. The van der Waals surface area contributed by atoms with Crippen molar-refractivity contribution in [2.75, 3.05) is 13.4 Å². The van der Waals surface area contributed by atoms with Crippen molar-refractivity contribution in [3.05, 3.63) is 28.5 Å². The Bertz CT molecular complexity index is 343. The van der Waals surface area contributed by atoms with Crippen LogP contribution in [-0.4, -0.2) is 18.4 Å². The predicted molar refractivity (Wildman–Crippen MR) is 57.9 cm³/mol. The minimum Gasteiger partial charge on any atom is -0.356 e. The summed E-state index contributed by atoms with van der Waals surface area (Å²) in [7, 11) is 0. The predicted octanol–water partition coefficient (Wildman–Crippen LogP) is 2.73. The van der Waals surface area contributed by atoms with E-state index < -0.39 is 0 Å². The van der Waals surface area contributed by atoms with Gasteiger partial charge in [0.15, 0.2) is 0 Å². The largest absolute Gasteiger partial charge is 0.356 e. The molecule has 1 heterocycles. The molecule has 0 N–H and O–H groups in total. The fourth-order valence-corrected chi connectivity index (χ4v) is 2.04. The Morgan fingerprint density at radius 1 is 1.60 bits per heavy atom. The van der Waals surface area contributed by atoms with Crippen molar-refractivity contribution in [1.82, 2.24) is 4.98 Å². The maximum absolute atomic E-state index is 6.07. The van der Waals surface area contributed by atoms with Crippen molar-refractivity contribution < 1.29 is 9.47 Å². The maximum Gasteiger partial charge on any atom is 0.147 e. The molecule has 0 amide bonds. The van der Waals surface area contributed by atoms with Crippen LogP contribution in [0.2, 0.25) is 5.02 Å². The van der Waals surface area contributed by atoms with Crippen molar-refractivity contribution in [3.8, 4) is 0 Å². The second-order valence-corrected chi connectivity index (χ2v) is 3.87. The first-order valence-electron chi connectivity index (χ1n) is 5.15. The molecule has 2 rings (SSSR count). The lowest BCUT2D eigenvalue weighted by Crippen LogP contribution is -2.06. The standard InChI is InChI=1S/C11H14ClNO2/c1-2-14-7-15-10-4-3-8-9(12)5-6-13-11(8)10/h5-6,10H,2-4,7H2,1H3. The van der Waals surface area contributed by atoms with E-state index in [1.165, 1.54) is 0 Å². The van der Waals surface area contributed by atoms with Crippen LogP contribution in [0.15, 0.2) is 12.3 Å². The van der Waals surface area contributed by atoms with Gasteiger partial charge in [0.05, 0.1) is 5.69 Å². The van der Waals surface area contributed by atoms with E-state index in [-0.39, 0.29) is 6.10 Å². The maximum atomic E-state index is 6.07. The molecule has 0 saturated carbocycles. The van der Waals surface area contributed by atoms with Gasteiger partial charge in [0.1, 0.15) is 12.9 Å². The van der Waals surface area contributed by atoms with Crippen LogP contribution in [0.3, 0.4) is 0 Å². The number of hydrogen-bond donors (Lipinski definition) is 0. The third-order valence-electron chi connectivity index (χ3n) is 2.55. The third kappa shape index (κ3) is 2.30. The van der Waals surface area contributed by atoms with Crippen LogP contribution in [0.25, 0.3) is 0 Å². The number of aromatic nitrogens is 1. The number of halogens is 1. The molecule has 1 unspecified atom stereocenters. The summed E-state index contributed by atoms with van der Waals surface area (Å²) in [6, 6.07) is 1.82. The smallest absolute Gasteiger partial charge is 0.147 e. The van der Waals surface area contributed by atoms with E-state index in [0.29, 0.717) is 13.4 Å². The van der Waals surface area contributed by atoms with E-state index >= 15 is 0 Å². The van der Waals surface area contributed by atoms with Crippen LogP contribution in [-0.2, 0) is 15.9 Å². The minimum atomic E-state index is 0.0465. The Hall–Kier alpha value is -0.640. The third-order valence-corrected chi connectivity index (χ3v) is 2.90. The molecule has 1 aliphatic carbocycles. The average Bonchev–Trinajstić information content (AvgIpc) is 2.64. The topological polar surface area (TPSA) is 31.4 Å². The summed E-state index contributed by atoms with van der Waals surface area (Å²) in [5, 5.41) is 0.794. The fraction of sp³-hybridized carbons (Fsp3) is 0.545. The summed E-state index contributed by atoms with van der Waals surface area (Å²) in [4.78, 5) is 4.32. The molecular formula is C11H14ClNO2. The highest BCUT2D eigenvalue weighted by molar-refractivity contribution is 6.31. The Labute approximate surface area is 94.4 Å². The monoisotopic (exact) mass is 227 g/mol. The Morgan fingerprint density at radius 2 is 2.47 bits per heavy atom. The molecule has 0 aromatic carbocycles. The summed E-state index contributed by atoms with van der Waals surface area (Å²) in [6.07, 6.45) is 3.66. The normalized spacial score (nSPS) is 19.2. The molecule has 0 saturated heterocycles. The molecule has 3 nitrogen and oxygen atoms in total. The molecule has 0 bridgehead atoms. The van der Waals surface area contributed by atoms with Gasteiger partial charge in [0.25, 0.3) is 0 Å². The van der Waals surface area contributed by atoms with E-state index in [4.69, 9.17) is 21.1 Å². The van der Waals surface area contributed by atoms with Crippen LogP contribution in [0.4, 0.5) is 0 Å². The zero-order valence-corrected chi connectivity index (χ0v) is 9.46. The first-order chi connectivity index (χ1) is 7.33. The van der Waals surface area contributed by atoms with Gasteiger partial charge in [-0.15, -0.1) is 0 Å². The summed E-state index contributed by atoms with van der Waals surface area (Å²) >= 11 is 6.07. The molecule has 1 aliphatic rings. The first kappa shape index (κ1) is 10.9. The lowest BCUT2D eigenvalue weighted by molar-refractivity contribution is -0.0880. The number of pyridine rings is 1. The van der Waals surface area contributed by atoms with E-state index in [1.807, 2.05) is 13.0 Å². The van der Waals surface area contributed by atoms with Crippen molar-refractivity contribution >= 4 is 11.6 Å². The first-order valence-corrected chi connectivity index (χ1v) is 5.53. The lowest BCUT2D eigenvalue weighted by atomic mass is 10.2. The highest BCUT2D eigenvalue weighted by Gasteiger charge is 2.26. The molecular weight excluding hydrogens is 214 g/mol. The Balaban J connectivity index is 2.05. The van der Waals surface area contributed by atoms with Gasteiger partial charge < -0.3 is 9.47 Å².